The van der Waals surface area contributed by atoms with Crippen molar-refractivity contribution in [2.24, 2.45) is 0 Å². The predicted octanol–water partition coefficient (Wildman–Crippen LogP) is 1.42. The number of amides is 2. The number of rotatable bonds is 9. The van der Waals surface area contributed by atoms with Gasteiger partial charge in [-0.1, -0.05) is 18.2 Å². The molecule has 23 heavy (non-hydrogen) atoms. The van der Waals surface area contributed by atoms with Gasteiger partial charge < -0.3 is 15.7 Å². The minimum Gasteiger partial charge on any atom is -0.480 e. The molecule has 126 valence electrons. The molecule has 0 saturated heterocycles. The third kappa shape index (κ3) is 7.35. The average Bonchev–Trinajstić information content (AvgIpc) is 2.51. The van der Waals surface area contributed by atoms with Crippen molar-refractivity contribution in [2.75, 3.05) is 6.54 Å². The zero-order chi connectivity index (χ0) is 17.2. The Kier molecular flexibility index (Phi) is 7.65. The molecule has 0 bridgehead atoms. The van der Waals surface area contributed by atoms with E-state index in [-0.39, 0.29) is 25.3 Å². The van der Waals surface area contributed by atoms with Gasteiger partial charge in [-0.25, -0.2) is 13.6 Å². The van der Waals surface area contributed by atoms with Crippen LogP contribution in [0.4, 0.5) is 8.78 Å². The van der Waals surface area contributed by atoms with E-state index in [9.17, 15) is 23.2 Å². The molecule has 0 radical (unpaired) electrons. The summed E-state index contributed by atoms with van der Waals surface area (Å²) in [5.74, 6) is -2.44. The summed E-state index contributed by atoms with van der Waals surface area (Å²) < 4.78 is 24.4. The van der Waals surface area contributed by atoms with Crippen LogP contribution in [0.5, 0.6) is 0 Å². The quantitative estimate of drug-likeness (QED) is 0.598. The van der Waals surface area contributed by atoms with E-state index in [4.69, 9.17) is 5.11 Å². The Balaban J connectivity index is 2.28. The van der Waals surface area contributed by atoms with E-state index >= 15 is 0 Å². The Morgan fingerprint density at radius 2 is 1.78 bits per heavy atom. The first-order chi connectivity index (χ1) is 10.9. The number of nitrogens with one attached hydrogen (secondary N) is 2. The van der Waals surface area contributed by atoms with Gasteiger partial charge >= 0.3 is 5.97 Å². The van der Waals surface area contributed by atoms with E-state index in [0.717, 1.165) is 0 Å². The van der Waals surface area contributed by atoms with Crippen LogP contribution >= 0.6 is 0 Å². The summed E-state index contributed by atoms with van der Waals surface area (Å²) in [7, 11) is 0. The van der Waals surface area contributed by atoms with Crippen molar-refractivity contribution in [3.63, 3.8) is 0 Å². The van der Waals surface area contributed by atoms with E-state index in [1.165, 1.54) is 0 Å². The summed E-state index contributed by atoms with van der Waals surface area (Å²) in [5, 5.41) is 13.4. The Morgan fingerprint density at radius 1 is 1.13 bits per heavy atom. The lowest BCUT2D eigenvalue weighted by atomic mass is 10.2. The van der Waals surface area contributed by atoms with Crippen LogP contribution in [-0.4, -0.2) is 41.9 Å². The number of hydrogen-bond acceptors (Lipinski definition) is 3. The molecule has 0 aliphatic carbocycles. The maximum absolute atomic E-state index is 12.2. The normalized spacial score (nSPS) is 11.8. The van der Waals surface area contributed by atoms with Crippen molar-refractivity contribution in [3.8, 4) is 0 Å². The monoisotopic (exact) mass is 328 g/mol. The summed E-state index contributed by atoms with van der Waals surface area (Å²) in [6, 6.07) is 6.89. The standard InChI is InChI=1S/C15H18F2N2O4/c16-12(17)9-11(15(22)23)19-13(20)7-4-8-18-14(21)10-5-2-1-3-6-10/h1-3,5-6,11-12H,4,7-9H2,(H,18,21)(H,19,20)(H,22,23). The van der Waals surface area contributed by atoms with Crippen LogP contribution in [0.2, 0.25) is 0 Å². The summed E-state index contributed by atoms with van der Waals surface area (Å²) in [4.78, 5) is 34.0. The number of benzene rings is 1. The van der Waals surface area contributed by atoms with E-state index in [2.05, 4.69) is 5.32 Å². The van der Waals surface area contributed by atoms with E-state index < -0.39 is 30.8 Å². The zero-order valence-corrected chi connectivity index (χ0v) is 12.3. The number of carbonyl (C=O) groups is 3. The van der Waals surface area contributed by atoms with Gasteiger partial charge in [-0.05, 0) is 18.6 Å². The SMILES string of the molecule is O=C(CCCNC(=O)c1ccccc1)NC(CC(F)F)C(=O)O. The van der Waals surface area contributed by atoms with Gasteiger partial charge in [0, 0.05) is 24.9 Å². The summed E-state index contributed by atoms with van der Waals surface area (Å²) in [6.45, 7) is 0.216. The molecule has 0 aliphatic heterocycles. The van der Waals surface area contributed by atoms with Crippen LogP contribution in [0.3, 0.4) is 0 Å². The number of carbonyl (C=O) groups excluding carboxylic acids is 2. The molecule has 1 rings (SSSR count). The molecule has 1 aromatic carbocycles. The second-order valence-corrected chi connectivity index (χ2v) is 4.81. The fraction of sp³-hybridized carbons (Fsp3) is 0.400. The van der Waals surface area contributed by atoms with Gasteiger partial charge in [-0.2, -0.15) is 0 Å². The lowest BCUT2D eigenvalue weighted by molar-refractivity contribution is -0.143. The first-order valence-corrected chi connectivity index (χ1v) is 7.03. The largest absolute Gasteiger partial charge is 0.480 e. The van der Waals surface area contributed by atoms with E-state index in [1.807, 2.05) is 5.32 Å². The molecule has 0 spiro atoms. The highest BCUT2D eigenvalue weighted by Gasteiger charge is 2.23. The van der Waals surface area contributed by atoms with Crippen molar-refractivity contribution in [1.82, 2.24) is 10.6 Å². The predicted molar refractivity (Wildman–Crippen MR) is 78.2 cm³/mol. The molecule has 0 aromatic heterocycles. The maximum Gasteiger partial charge on any atom is 0.326 e. The number of halogens is 2. The van der Waals surface area contributed by atoms with Gasteiger partial charge in [0.1, 0.15) is 6.04 Å². The smallest absolute Gasteiger partial charge is 0.326 e. The molecule has 0 aliphatic rings. The molecular formula is C15H18F2N2O4. The van der Waals surface area contributed by atoms with Crippen molar-refractivity contribution < 1.29 is 28.3 Å². The highest BCUT2D eigenvalue weighted by Crippen LogP contribution is 2.05. The van der Waals surface area contributed by atoms with Crippen molar-refractivity contribution in [3.05, 3.63) is 35.9 Å². The lowest BCUT2D eigenvalue weighted by Crippen LogP contribution is -2.42. The Bertz CT molecular complexity index is 538. The zero-order valence-electron chi connectivity index (χ0n) is 12.3. The highest BCUT2D eigenvalue weighted by molar-refractivity contribution is 5.94. The first-order valence-electron chi connectivity index (χ1n) is 7.03. The lowest BCUT2D eigenvalue weighted by Gasteiger charge is -2.14. The average molecular weight is 328 g/mol. The van der Waals surface area contributed by atoms with Crippen molar-refractivity contribution in [1.29, 1.82) is 0 Å². The third-order valence-corrected chi connectivity index (χ3v) is 2.95. The third-order valence-electron chi connectivity index (χ3n) is 2.95. The fourth-order valence-corrected chi connectivity index (χ4v) is 1.81. The van der Waals surface area contributed by atoms with Crippen molar-refractivity contribution in [2.45, 2.75) is 31.7 Å². The summed E-state index contributed by atoms with van der Waals surface area (Å²) in [5.41, 5.74) is 0.486. The van der Waals surface area contributed by atoms with E-state index in [0.29, 0.717) is 5.56 Å². The Hall–Kier alpha value is -2.51. The van der Waals surface area contributed by atoms with Gasteiger partial charge in [0.25, 0.3) is 5.91 Å². The first kappa shape index (κ1) is 18.5. The van der Waals surface area contributed by atoms with Crippen LogP contribution in [0.15, 0.2) is 30.3 Å². The van der Waals surface area contributed by atoms with Crippen LogP contribution < -0.4 is 10.6 Å². The topological polar surface area (TPSA) is 95.5 Å². The van der Waals surface area contributed by atoms with Gasteiger partial charge in [-0.15, -0.1) is 0 Å². The van der Waals surface area contributed by atoms with Crippen molar-refractivity contribution >= 4 is 17.8 Å². The second kappa shape index (κ2) is 9.50. The number of hydrogen-bond donors (Lipinski definition) is 3. The number of carboxylic acid groups (broad SMARTS) is 1. The van der Waals surface area contributed by atoms with Crippen LogP contribution in [0, 0.1) is 0 Å². The fourth-order valence-electron chi connectivity index (χ4n) is 1.81. The minimum absolute atomic E-state index is 0.0674. The molecule has 1 unspecified atom stereocenters. The minimum atomic E-state index is -2.82. The molecule has 2 amide bonds. The van der Waals surface area contributed by atoms with Gasteiger partial charge in [0.05, 0.1) is 0 Å². The molecule has 3 N–H and O–H groups in total. The number of aliphatic carboxylic acids is 1. The molecule has 8 heteroatoms. The van der Waals surface area contributed by atoms with Crippen LogP contribution in [0.1, 0.15) is 29.6 Å². The number of carboxylic acids is 1. The van der Waals surface area contributed by atoms with E-state index in [1.54, 1.807) is 30.3 Å². The number of alkyl halides is 2. The maximum atomic E-state index is 12.2. The molecule has 0 fully saturated rings. The molecule has 6 nitrogen and oxygen atoms in total. The second-order valence-electron chi connectivity index (χ2n) is 4.81. The van der Waals surface area contributed by atoms with Gasteiger partial charge in [0.2, 0.25) is 12.3 Å². The Labute approximate surface area is 131 Å². The summed E-state index contributed by atoms with van der Waals surface area (Å²) >= 11 is 0. The highest BCUT2D eigenvalue weighted by atomic mass is 19.3. The molecular weight excluding hydrogens is 310 g/mol. The molecule has 0 heterocycles. The molecule has 1 atom stereocenters. The van der Waals surface area contributed by atoms with Crippen LogP contribution in [0.25, 0.3) is 0 Å². The van der Waals surface area contributed by atoms with Gasteiger partial charge in [-0.3, -0.25) is 9.59 Å². The molecule has 1 aromatic rings. The van der Waals surface area contributed by atoms with Gasteiger partial charge in [0.15, 0.2) is 0 Å². The summed E-state index contributed by atoms with van der Waals surface area (Å²) in [6.07, 6.45) is -3.55. The Morgan fingerprint density at radius 3 is 2.35 bits per heavy atom. The van der Waals surface area contributed by atoms with Crippen LogP contribution in [-0.2, 0) is 9.59 Å². The molecule has 0 saturated carbocycles.